The highest BCUT2D eigenvalue weighted by Crippen LogP contribution is 2.26. The number of anilines is 1. The second kappa shape index (κ2) is 6.60. The van der Waals surface area contributed by atoms with Crippen molar-refractivity contribution in [1.82, 2.24) is 10.1 Å². The van der Waals surface area contributed by atoms with Crippen LogP contribution >= 0.6 is 22.6 Å². The zero-order valence-corrected chi connectivity index (χ0v) is 12.8. The van der Waals surface area contributed by atoms with E-state index < -0.39 is 12.8 Å². The first-order valence-corrected chi connectivity index (χ1v) is 6.95. The fourth-order valence-electron chi connectivity index (χ4n) is 1.53. The van der Waals surface area contributed by atoms with E-state index in [9.17, 15) is 13.2 Å². The standard InChI is InChI=1S/C12H11F3IN3O2/c13-12(14,15)6-20-4-3-10-18-11(21-19-10)8-5-7(16)1-2-9(8)17/h1-2,5H,3-4,6,17H2. The maximum atomic E-state index is 11.9. The molecule has 2 rings (SSSR count). The van der Waals surface area contributed by atoms with E-state index in [-0.39, 0.29) is 24.7 Å². The Kier molecular flexibility index (Phi) is 5.04. The number of ether oxygens (including phenoxy) is 1. The summed E-state index contributed by atoms with van der Waals surface area (Å²) in [5.74, 6) is 0.502. The Hall–Kier alpha value is -1.36. The summed E-state index contributed by atoms with van der Waals surface area (Å²) in [5.41, 5.74) is 6.90. The SMILES string of the molecule is Nc1ccc(I)cc1-c1nc(CCOCC(F)(F)F)no1. The molecular formula is C12H11F3IN3O2. The molecule has 0 aliphatic rings. The van der Waals surface area contributed by atoms with E-state index in [0.717, 1.165) is 3.57 Å². The van der Waals surface area contributed by atoms with Gasteiger partial charge in [-0.1, -0.05) is 5.16 Å². The third-order valence-corrected chi connectivity index (χ3v) is 3.12. The van der Waals surface area contributed by atoms with E-state index in [0.29, 0.717) is 11.3 Å². The average molecular weight is 413 g/mol. The van der Waals surface area contributed by atoms with E-state index in [1.165, 1.54) is 0 Å². The van der Waals surface area contributed by atoms with E-state index >= 15 is 0 Å². The predicted molar refractivity (Wildman–Crippen MR) is 77.4 cm³/mol. The van der Waals surface area contributed by atoms with Gasteiger partial charge in [0.15, 0.2) is 5.82 Å². The number of aromatic nitrogens is 2. The van der Waals surface area contributed by atoms with E-state index in [4.69, 9.17) is 10.3 Å². The summed E-state index contributed by atoms with van der Waals surface area (Å²) in [4.78, 5) is 4.09. The Morgan fingerprint density at radius 2 is 2.10 bits per heavy atom. The van der Waals surface area contributed by atoms with Crippen molar-refractivity contribution < 1.29 is 22.4 Å². The van der Waals surface area contributed by atoms with Gasteiger partial charge in [0.2, 0.25) is 0 Å². The molecule has 9 heteroatoms. The number of nitrogen functional groups attached to an aromatic ring is 1. The van der Waals surface area contributed by atoms with Gasteiger partial charge in [-0.2, -0.15) is 18.2 Å². The molecule has 1 aromatic heterocycles. The number of nitrogens with zero attached hydrogens (tertiary/aromatic N) is 2. The highest BCUT2D eigenvalue weighted by atomic mass is 127. The zero-order chi connectivity index (χ0) is 15.5. The van der Waals surface area contributed by atoms with Gasteiger partial charge in [0.05, 0.1) is 12.2 Å². The molecule has 0 saturated carbocycles. The van der Waals surface area contributed by atoms with Crippen molar-refractivity contribution in [3.05, 3.63) is 27.6 Å². The number of hydrogen-bond acceptors (Lipinski definition) is 5. The van der Waals surface area contributed by atoms with Crippen LogP contribution in [0.15, 0.2) is 22.7 Å². The molecule has 0 spiro atoms. The lowest BCUT2D eigenvalue weighted by atomic mass is 10.2. The molecule has 0 unspecified atom stereocenters. The summed E-state index contributed by atoms with van der Waals surface area (Å²) in [6, 6.07) is 5.34. The van der Waals surface area contributed by atoms with Crippen LogP contribution in [0.4, 0.5) is 18.9 Å². The van der Waals surface area contributed by atoms with Crippen LogP contribution in [-0.2, 0) is 11.2 Å². The lowest BCUT2D eigenvalue weighted by Crippen LogP contribution is -2.18. The smallest absolute Gasteiger partial charge is 0.398 e. The summed E-state index contributed by atoms with van der Waals surface area (Å²) in [5, 5.41) is 3.69. The Labute approximate surface area is 131 Å². The van der Waals surface area contributed by atoms with Crippen LogP contribution in [0.2, 0.25) is 0 Å². The van der Waals surface area contributed by atoms with Gasteiger partial charge in [-0.25, -0.2) is 0 Å². The van der Waals surface area contributed by atoms with Gasteiger partial charge in [0, 0.05) is 15.7 Å². The number of halogens is 4. The summed E-state index contributed by atoms with van der Waals surface area (Å²) in [7, 11) is 0. The Balaban J connectivity index is 1.97. The fourth-order valence-corrected chi connectivity index (χ4v) is 2.02. The highest BCUT2D eigenvalue weighted by molar-refractivity contribution is 14.1. The molecule has 1 heterocycles. The van der Waals surface area contributed by atoms with Gasteiger partial charge < -0.3 is 15.0 Å². The predicted octanol–water partition coefficient (Wildman–Crippen LogP) is 3.04. The molecule has 0 radical (unpaired) electrons. The minimum atomic E-state index is -4.34. The monoisotopic (exact) mass is 413 g/mol. The summed E-state index contributed by atoms with van der Waals surface area (Å²) in [6.45, 7) is -1.43. The molecule has 2 aromatic rings. The Morgan fingerprint density at radius 1 is 1.33 bits per heavy atom. The molecule has 1 aromatic carbocycles. The number of rotatable bonds is 5. The quantitative estimate of drug-likeness (QED) is 0.464. The van der Waals surface area contributed by atoms with Crippen molar-refractivity contribution in [3.8, 4) is 11.5 Å². The molecule has 2 N–H and O–H groups in total. The van der Waals surface area contributed by atoms with Crippen molar-refractivity contribution in [3.63, 3.8) is 0 Å². The van der Waals surface area contributed by atoms with Crippen LogP contribution in [-0.4, -0.2) is 29.5 Å². The van der Waals surface area contributed by atoms with Gasteiger partial charge in [0.25, 0.3) is 5.89 Å². The largest absolute Gasteiger partial charge is 0.411 e. The normalized spacial score (nSPS) is 11.8. The molecule has 0 atom stereocenters. The molecule has 0 bridgehead atoms. The van der Waals surface area contributed by atoms with Crippen molar-refractivity contribution in [2.75, 3.05) is 18.9 Å². The van der Waals surface area contributed by atoms with Gasteiger partial charge in [-0.05, 0) is 40.8 Å². The van der Waals surface area contributed by atoms with Crippen molar-refractivity contribution in [2.45, 2.75) is 12.6 Å². The molecule has 114 valence electrons. The van der Waals surface area contributed by atoms with Crippen LogP contribution in [0, 0.1) is 3.57 Å². The van der Waals surface area contributed by atoms with Crippen LogP contribution in [0.25, 0.3) is 11.5 Å². The molecule has 0 saturated heterocycles. The fraction of sp³-hybridized carbons (Fsp3) is 0.333. The topological polar surface area (TPSA) is 74.2 Å². The second-order valence-corrected chi connectivity index (χ2v) is 5.41. The second-order valence-electron chi connectivity index (χ2n) is 4.17. The molecule has 0 fully saturated rings. The van der Waals surface area contributed by atoms with E-state index in [1.807, 2.05) is 6.07 Å². The van der Waals surface area contributed by atoms with Gasteiger partial charge in [-0.3, -0.25) is 0 Å². The molecular weight excluding hydrogens is 402 g/mol. The van der Waals surface area contributed by atoms with Crippen molar-refractivity contribution >= 4 is 28.3 Å². The number of benzene rings is 1. The first kappa shape index (κ1) is 16.0. The molecule has 21 heavy (non-hydrogen) atoms. The third kappa shape index (κ3) is 4.84. The van der Waals surface area contributed by atoms with Crippen molar-refractivity contribution in [1.29, 1.82) is 0 Å². The number of alkyl halides is 3. The van der Waals surface area contributed by atoms with Gasteiger partial charge >= 0.3 is 6.18 Å². The summed E-state index contributed by atoms with van der Waals surface area (Å²) >= 11 is 2.12. The first-order chi connectivity index (χ1) is 9.85. The van der Waals surface area contributed by atoms with Crippen LogP contribution < -0.4 is 5.73 Å². The maximum absolute atomic E-state index is 11.9. The first-order valence-electron chi connectivity index (χ1n) is 5.87. The van der Waals surface area contributed by atoms with E-state index in [2.05, 4.69) is 37.5 Å². The molecule has 0 amide bonds. The minimum Gasteiger partial charge on any atom is -0.398 e. The van der Waals surface area contributed by atoms with Gasteiger partial charge in [0.1, 0.15) is 6.61 Å². The Morgan fingerprint density at radius 3 is 2.81 bits per heavy atom. The molecule has 5 nitrogen and oxygen atoms in total. The number of hydrogen-bond donors (Lipinski definition) is 1. The van der Waals surface area contributed by atoms with Crippen molar-refractivity contribution in [2.24, 2.45) is 0 Å². The van der Waals surface area contributed by atoms with Crippen LogP contribution in [0.5, 0.6) is 0 Å². The Bertz CT molecular complexity index is 616. The third-order valence-electron chi connectivity index (χ3n) is 2.45. The van der Waals surface area contributed by atoms with E-state index in [1.54, 1.807) is 12.1 Å². The molecule has 0 aliphatic carbocycles. The highest BCUT2D eigenvalue weighted by Gasteiger charge is 2.27. The maximum Gasteiger partial charge on any atom is 0.411 e. The average Bonchev–Trinajstić information content (AvgIpc) is 2.85. The molecule has 0 aliphatic heterocycles. The van der Waals surface area contributed by atoms with Crippen LogP contribution in [0.1, 0.15) is 5.82 Å². The van der Waals surface area contributed by atoms with Gasteiger partial charge in [-0.15, -0.1) is 0 Å². The number of nitrogens with two attached hydrogens (primary N) is 1. The zero-order valence-electron chi connectivity index (χ0n) is 10.7. The van der Waals surface area contributed by atoms with Crippen LogP contribution in [0.3, 0.4) is 0 Å². The summed E-state index contributed by atoms with van der Waals surface area (Å²) < 4.78 is 46.2. The lowest BCUT2D eigenvalue weighted by Gasteiger charge is -2.05. The lowest BCUT2D eigenvalue weighted by molar-refractivity contribution is -0.173. The minimum absolute atomic E-state index is 0.128. The summed E-state index contributed by atoms with van der Waals surface area (Å²) in [6.07, 6.45) is -4.21.